The fourth-order valence-electron chi connectivity index (χ4n) is 2.95. The van der Waals surface area contributed by atoms with Gasteiger partial charge >= 0.3 is 0 Å². The van der Waals surface area contributed by atoms with Crippen LogP contribution < -0.4 is 15.4 Å². The van der Waals surface area contributed by atoms with Gasteiger partial charge in [0.15, 0.2) is 11.6 Å². The molecule has 0 spiro atoms. The first-order valence-corrected chi connectivity index (χ1v) is 7.00. The number of anilines is 2. The Balaban J connectivity index is 1.99. The van der Waals surface area contributed by atoms with E-state index < -0.39 is 5.82 Å². The van der Waals surface area contributed by atoms with E-state index in [1.807, 2.05) is 12.1 Å². The zero-order chi connectivity index (χ0) is 14.8. The van der Waals surface area contributed by atoms with Gasteiger partial charge in [-0.3, -0.25) is 4.98 Å². The predicted octanol–water partition coefficient (Wildman–Crippen LogP) is 3.15. The predicted molar refractivity (Wildman–Crippen MR) is 80.9 cm³/mol. The maximum Gasteiger partial charge on any atom is 0.167 e. The zero-order valence-corrected chi connectivity index (χ0v) is 11.9. The van der Waals surface area contributed by atoms with Crippen LogP contribution in [0.4, 0.5) is 15.8 Å². The summed E-state index contributed by atoms with van der Waals surface area (Å²) in [6.45, 7) is 0.895. The standard InChI is InChI=1S/C16H18FN3O/c1-21-16-10-15(13(18)9-12(16)17)20-8-2-3-14(20)11-4-6-19-7-5-11/h4-7,9-10,14H,2-3,8,18H2,1H3. The van der Waals surface area contributed by atoms with Crippen LogP contribution in [0.2, 0.25) is 0 Å². The zero-order valence-electron chi connectivity index (χ0n) is 11.9. The van der Waals surface area contributed by atoms with Crippen molar-refractivity contribution in [3.05, 3.63) is 48.0 Å². The molecule has 21 heavy (non-hydrogen) atoms. The molecule has 1 fully saturated rings. The van der Waals surface area contributed by atoms with Gasteiger partial charge in [-0.2, -0.15) is 0 Å². The number of ether oxygens (including phenoxy) is 1. The average molecular weight is 287 g/mol. The minimum atomic E-state index is -0.432. The molecule has 3 rings (SSSR count). The maximum absolute atomic E-state index is 13.7. The Labute approximate surface area is 123 Å². The van der Waals surface area contributed by atoms with Gasteiger partial charge in [0.2, 0.25) is 0 Å². The third kappa shape index (κ3) is 2.51. The van der Waals surface area contributed by atoms with Crippen molar-refractivity contribution in [1.29, 1.82) is 0 Å². The summed E-state index contributed by atoms with van der Waals surface area (Å²) in [5.41, 5.74) is 8.48. The molecule has 0 radical (unpaired) electrons. The molecule has 2 aromatic rings. The van der Waals surface area contributed by atoms with Crippen LogP contribution >= 0.6 is 0 Å². The fraction of sp³-hybridized carbons (Fsp3) is 0.312. The van der Waals surface area contributed by atoms with E-state index in [-0.39, 0.29) is 11.8 Å². The van der Waals surface area contributed by atoms with Crippen molar-refractivity contribution in [2.45, 2.75) is 18.9 Å². The summed E-state index contributed by atoms with van der Waals surface area (Å²) in [7, 11) is 1.46. The Hall–Kier alpha value is -2.30. The highest BCUT2D eigenvalue weighted by molar-refractivity contribution is 5.71. The first-order chi connectivity index (χ1) is 10.2. The van der Waals surface area contributed by atoms with Crippen molar-refractivity contribution in [1.82, 2.24) is 4.98 Å². The third-order valence-electron chi connectivity index (χ3n) is 3.95. The van der Waals surface area contributed by atoms with Gasteiger partial charge in [-0.15, -0.1) is 0 Å². The van der Waals surface area contributed by atoms with Gasteiger partial charge in [-0.1, -0.05) is 0 Å². The van der Waals surface area contributed by atoms with Crippen molar-refractivity contribution in [3.8, 4) is 5.75 Å². The molecule has 0 aliphatic carbocycles. The number of hydrogen-bond acceptors (Lipinski definition) is 4. The molecule has 5 heteroatoms. The highest BCUT2D eigenvalue weighted by Gasteiger charge is 2.28. The molecule has 1 aliphatic rings. The second kappa shape index (κ2) is 5.60. The summed E-state index contributed by atoms with van der Waals surface area (Å²) < 4.78 is 18.8. The number of halogens is 1. The van der Waals surface area contributed by atoms with Crippen LogP contribution in [-0.2, 0) is 0 Å². The Morgan fingerprint density at radius 1 is 1.33 bits per heavy atom. The van der Waals surface area contributed by atoms with E-state index in [0.717, 1.165) is 25.1 Å². The number of rotatable bonds is 3. The van der Waals surface area contributed by atoms with Gasteiger partial charge in [-0.05, 0) is 30.5 Å². The molecular weight excluding hydrogens is 269 g/mol. The van der Waals surface area contributed by atoms with E-state index in [2.05, 4.69) is 9.88 Å². The number of aromatic nitrogens is 1. The number of nitrogens with two attached hydrogens (primary N) is 1. The van der Waals surface area contributed by atoms with Crippen LogP contribution in [-0.4, -0.2) is 18.6 Å². The van der Waals surface area contributed by atoms with E-state index in [9.17, 15) is 4.39 Å². The van der Waals surface area contributed by atoms with Gasteiger partial charge in [-0.25, -0.2) is 4.39 Å². The SMILES string of the molecule is COc1cc(N2CCCC2c2ccncc2)c(N)cc1F. The van der Waals surface area contributed by atoms with Crippen LogP contribution in [0.25, 0.3) is 0 Å². The van der Waals surface area contributed by atoms with Crippen LogP contribution in [0.15, 0.2) is 36.7 Å². The third-order valence-corrected chi connectivity index (χ3v) is 3.95. The first-order valence-electron chi connectivity index (χ1n) is 7.00. The monoisotopic (exact) mass is 287 g/mol. The van der Waals surface area contributed by atoms with Gasteiger partial charge < -0.3 is 15.4 Å². The number of benzene rings is 1. The molecule has 2 heterocycles. The summed E-state index contributed by atoms with van der Waals surface area (Å²) in [6, 6.07) is 7.28. The van der Waals surface area contributed by atoms with Gasteiger partial charge in [0.05, 0.1) is 24.5 Å². The molecule has 1 saturated heterocycles. The summed E-state index contributed by atoms with van der Waals surface area (Å²) >= 11 is 0. The topological polar surface area (TPSA) is 51.4 Å². The largest absolute Gasteiger partial charge is 0.494 e. The quantitative estimate of drug-likeness (QED) is 0.881. The van der Waals surface area contributed by atoms with Crippen molar-refractivity contribution in [2.75, 3.05) is 24.3 Å². The molecule has 1 atom stereocenters. The van der Waals surface area contributed by atoms with Crippen LogP contribution in [0, 0.1) is 5.82 Å². The minimum Gasteiger partial charge on any atom is -0.494 e. The number of nitrogen functional groups attached to an aromatic ring is 1. The molecule has 110 valence electrons. The molecular formula is C16H18FN3O. The lowest BCUT2D eigenvalue weighted by atomic mass is 10.1. The van der Waals surface area contributed by atoms with Gasteiger partial charge in [0.25, 0.3) is 0 Å². The van der Waals surface area contributed by atoms with Crippen molar-refractivity contribution in [2.24, 2.45) is 0 Å². The van der Waals surface area contributed by atoms with Gasteiger partial charge in [0.1, 0.15) is 0 Å². The minimum absolute atomic E-state index is 0.222. The fourth-order valence-corrected chi connectivity index (χ4v) is 2.95. The summed E-state index contributed by atoms with van der Waals surface area (Å²) in [5, 5.41) is 0. The lowest BCUT2D eigenvalue weighted by molar-refractivity contribution is 0.386. The van der Waals surface area contributed by atoms with E-state index >= 15 is 0 Å². The first kappa shape index (κ1) is 13.7. The van der Waals surface area contributed by atoms with Gasteiger partial charge in [0, 0.05) is 31.1 Å². The summed E-state index contributed by atoms with van der Waals surface area (Å²) in [4.78, 5) is 6.27. The van der Waals surface area contributed by atoms with Crippen molar-refractivity contribution in [3.63, 3.8) is 0 Å². The molecule has 1 aromatic carbocycles. The molecule has 1 aliphatic heterocycles. The second-order valence-corrected chi connectivity index (χ2v) is 5.18. The smallest absolute Gasteiger partial charge is 0.167 e. The molecule has 0 bridgehead atoms. The molecule has 1 unspecified atom stereocenters. The van der Waals surface area contributed by atoms with E-state index in [0.29, 0.717) is 5.69 Å². The Bertz CT molecular complexity index is 633. The number of pyridine rings is 1. The Morgan fingerprint density at radius 3 is 2.81 bits per heavy atom. The highest BCUT2D eigenvalue weighted by Crippen LogP contribution is 2.40. The summed E-state index contributed by atoms with van der Waals surface area (Å²) in [6.07, 6.45) is 5.70. The number of nitrogens with zero attached hydrogens (tertiary/aromatic N) is 2. The van der Waals surface area contributed by atoms with E-state index in [1.54, 1.807) is 18.5 Å². The van der Waals surface area contributed by atoms with Crippen molar-refractivity contribution < 1.29 is 9.13 Å². The Kier molecular flexibility index (Phi) is 3.64. The molecule has 1 aromatic heterocycles. The molecule has 2 N–H and O–H groups in total. The molecule has 4 nitrogen and oxygen atoms in total. The van der Waals surface area contributed by atoms with Crippen molar-refractivity contribution >= 4 is 11.4 Å². The lowest BCUT2D eigenvalue weighted by Crippen LogP contribution is -2.23. The van der Waals surface area contributed by atoms with E-state index in [4.69, 9.17) is 10.5 Å². The van der Waals surface area contributed by atoms with Crippen LogP contribution in [0.1, 0.15) is 24.4 Å². The average Bonchev–Trinajstić information content (AvgIpc) is 2.97. The van der Waals surface area contributed by atoms with Crippen LogP contribution in [0.5, 0.6) is 5.75 Å². The maximum atomic E-state index is 13.7. The Morgan fingerprint density at radius 2 is 2.10 bits per heavy atom. The second-order valence-electron chi connectivity index (χ2n) is 5.18. The van der Waals surface area contributed by atoms with E-state index in [1.165, 1.54) is 18.7 Å². The van der Waals surface area contributed by atoms with Crippen LogP contribution in [0.3, 0.4) is 0 Å². The molecule has 0 amide bonds. The summed E-state index contributed by atoms with van der Waals surface area (Å²) in [5.74, 6) is -0.210. The highest BCUT2D eigenvalue weighted by atomic mass is 19.1. The number of hydrogen-bond donors (Lipinski definition) is 1. The number of methoxy groups -OCH3 is 1. The molecule has 0 saturated carbocycles. The normalized spacial score (nSPS) is 18.0. The lowest BCUT2D eigenvalue weighted by Gasteiger charge is -2.28.